The molecule has 2 aromatic carbocycles. The largest absolute Gasteiger partial charge is 0.352 e. The first-order valence-electron chi connectivity index (χ1n) is 9.15. The van der Waals surface area contributed by atoms with Crippen LogP contribution in [0.1, 0.15) is 57.2 Å². The van der Waals surface area contributed by atoms with Crippen LogP contribution in [0.3, 0.4) is 0 Å². The molecular formula is C22H26N2O3. The zero-order chi connectivity index (χ0) is 19.8. The predicted octanol–water partition coefficient (Wildman–Crippen LogP) is 3.33. The van der Waals surface area contributed by atoms with E-state index in [1.54, 1.807) is 24.3 Å². The van der Waals surface area contributed by atoms with E-state index in [9.17, 15) is 14.4 Å². The number of carbonyl (C=O) groups is 3. The van der Waals surface area contributed by atoms with Gasteiger partial charge in [0.25, 0.3) is 5.91 Å². The zero-order valence-electron chi connectivity index (χ0n) is 16.1. The highest BCUT2D eigenvalue weighted by molar-refractivity contribution is 5.98. The monoisotopic (exact) mass is 366 g/mol. The molecule has 0 saturated carbocycles. The Labute approximate surface area is 160 Å². The van der Waals surface area contributed by atoms with Gasteiger partial charge in [0.1, 0.15) is 0 Å². The Kier molecular flexibility index (Phi) is 7.29. The molecule has 0 unspecified atom stereocenters. The second-order valence-corrected chi connectivity index (χ2v) is 6.56. The van der Waals surface area contributed by atoms with Crippen molar-refractivity contribution in [2.75, 3.05) is 6.54 Å². The Morgan fingerprint density at radius 1 is 0.852 bits per heavy atom. The fraction of sp³-hybridized carbons (Fsp3) is 0.318. The summed E-state index contributed by atoms with van der Waals surface area (Å²) < 4.78 is 0. The molecule has 0 aliphatic rings. The third kappa shape index (κ3) is 6.06. The van der Waals surface area contributed by atoms with Crippen LogP contribution in [0.25, 0.3) is 0 Å². The lowest BCUT2D eigenvalue weighted by molar-refractivity contribution is -0.121. The van der Waals surface area contributed by atoms with Gasteiger partial charge in [-0.05, 0) is 55.7 Å². The van der Waals surface area contributed by atoms with E-state index in [4.69, 9.17) is 0 Å². The van der Waals surface area contributed by atoms with Crippen molar-refractivity contribution < 1.29 is 14.4 Å². The van der Waals surface area contributed by atoms with Crippen molar-refractivity contribution in [2.45, 2.75) is 40.2 Å². The molecule has 27 heavy (non-hydrogen) atoms. The summed E-state index contributed by atoms with van der Waals surface area (Å²) in [6, 6.07) is 12.7. The molecule has 2 N–H and O–H groups in total. The molecule has 0 heterocycles. The Balaban J connectivity index is 1.84. The van der Waals surface area contributed by atoms with Crippen molar-refractivity contribution in [1.29, 1.82) is 0 Å². The number of carbonyl (C=O) groups excluding carboxylic acids is 3. The van der Waals surface area contributed by atoms with E-state index < -0.39 is 0 Å². The molecule has 0 radical (unpaired) electrons. The van der Waals surface area contributed by atoms with E-state index in [1.165, 1.54) is 0 Å². The first-order chi connectivity index (χ1) is 12.9. The summed E-state index contributed by atoms with van der Waals surface area (Å²) >= 11 is 0. The molecule has 2 rings (SSSR count). The van der Waals surface area contributed by atoms with Gasteiger partial charge in [-0.1, -0.05) is 24.3 Å². The van der Waals surface area contributed by atoms with Gasteiger partial charge in [-0.3, -0.25) is 14.4 Å². The van der Waals surface area contributed by atoms with Crippen LogP contribution in [0, 0.1) is 13.8 Å². The average molecular weight is 366 g/mol. The number of nitrogens with one attached hydrogen (secondary N) is 2. The number of hydrogen-bond donors (Lipinski definition) is 2. The van der Waals surface area contributed by atoms with Crippen LogP contribution in [0.4, 0.5) is 0 Å². The summed E-state index contributed by atoms with van der Waals surface area (Å²) in [5, 5.41) is 5.55. The number of benzene rings is 2. The summed E-state index contributed by atoms with van der Waals surface area (Å²) in [7, 11) is 0. The summed E-state index contributed by atoms with van der Waals surface area (Å²) in [5.74, 6) is -0.355. The molecule has 5 heteroatoms. The maximum absolute atomic E-state index is 12.2. The maximum Gasteiger partial charge on any atom is 0.251 e. The molecule has 2 aromatic rings. The van der Waals surface area contributed by atoms with Gasteiger partial charge in [-0.15, -0.1) is 0 Å². The van der Waals surface area contributed by atoms with Crippen LogP contribution in [0.2, 0.25) is 0 Å². The number of hydrogen-bond acceptors (Lipinski definition) is 3. The van der Waals surface area contributed by atoms with Crippen molar-refractivity contribution >= 4 is 17.6 Å². The molecular weight excluding hydrogens is 340 g/mol. The molecule has 0 aliphatic heterocycles. The van der Waals surface area contributed by atoms with E-state index in [-0.39, 0.29) is 30.4 Å². The van der Waals surface area contributed by atoms with Crippen LogP contribution < -0.4 is 10.6 Å². The first kappa shape index (κ1) is 20.4. The summed E-state index contributed by atoms with van der Waals surface area (Å²) in [6.07, 6.45) is 0.315. The van der Waals surface area contributed by atoms with E-state index in [2.05, 4.69) is 10.6 Å². The Bertz CT molecular complexity index is 843. The van der Waals surface area contributed by atoms with Gasteiger partial charge >= 0.3 is 0 Å². The Morgan fingerprint density at radius 2 is 1.63 bits per heavy atom. The maximum atomic E-state index is 12.2. The van der Waals surface area contributed by atoms with Crippen molar-refractivity contribution in [3.05, 3.63) is 70.3 Å². The highest BCUT2D eigenvalue weighted by Gasteiger charge is 2.11. The summed E-state index contributed by atoms with van der Waals surface area (Å²) in [6.45, 7) is 6.71. The van der Waals surface area contributed by atoms with Crippen LogP contribution in [-0.4, -0.2) is 24.1 Å². The fourth-order valence-corrected chi connectivity index (χ4v) is 2.66. The third-order valence-electron chi connectivity index (χ3n) is 4.42. The molecule has 0 atom stereocenters. The van der Waals surface area contributed by atoms with Crippen LogP contribution in [0.5, 0.6) is 0 Å². The molecule has 0 fully saturated rings. The fourth-order valence-electron chi connectivity index (χ4n) is 2.66. The molecule has 0 spiro atoms. The molecule has 2 amide bonds. The van der Waals surface area contributed by atoms with Gasteiger partial charge in [0, 0.05) is 37.1 Å². The van der Waals surface area contributed by atoms with E-state index in [0.29, 0.717) is 24.2 Å². The standard InChI is InChI=1S/C22H26N2O3/c1-4-23-22(27)19-7-5-6-17(13-19)14-24-21(26)11-10-20(25)18-9-8-15(2)16(3)12-18/h5-9,12-13H,4,10-11,14H2,1-3H3,(H,23,27)(H,24,26). The van der Waals surface area contributed by atoms with E-state index in [1.807, 2.05) is 39.0 Å². The minimum atomic E-state index is -0.185. The molecule has 0 aliphatic carbocycles. The molecule has 0 saturated heterocycles. The highest BCUT2D eigenvalue weighted by atomic mass is 16.2. The topological polar surface area (TPSA) is 75.3 Å². The zero-order valence-corrected chi connectivity index (χ0v) is 16.1. The molecule has 142 valence electrons. The number of aryl methyl sites for hydroxylation is 2. The first-order valence-corrected chi connectivity index (χ1v) is 9.15. The van der Waals surface area contributed by atoms with Gasteiger partial charge in [-0.2, -0.15) is 0 Å². The molecule has 0 bridgehead atoms. The second-order valence-electron chi connectivity index (χ2n) is 6.56. The summed E-state index contributed by atoms with van der Waals surface area (Å²) in [4.78, 5) is 36.2. The number of ketones is 1. The molecule has 5 nitrogen and oxygen atoms in total. The van der Waals surface area contributed by atoms with Gasteiger partial charge < -0.3 is 10.6 Å². The normalized spacial score (nSPS) is 10.3. The lowest BCUT2D eigenvalue weighted by Crippen LogP contribution is -2.24. The SMILES string of the molecule is CCNC(=O)c1cccc(CNC(=O)CCC(=O)c2ccc(C)c(C)c2)c1. The number of Topliss-reactive ketones (excluding diaryl/α,β-unsaturated/α-hetero) is 1. The Hall–Kier alpha value is -2.95. The highest BCUT2D eigenvalue weighted by Crippen LogP contribution is 2.12. The number of rotatable bonds is 8. The minimum Gasteiger partial charge on any atom is -0.352 e. The van der Waals surface area contributed by atoms with Crippen LogP contribution in [-0.2, 0) is 11.3 Å². The van der Waals surface area contributed by atoms with E-state index >= 15 is 0 Å². The smallest absolute Gasteiger partial charge is 0.251 e. The van der Waals surface area contributed by atoms with Crippen molar-refractivity contribution in [3.63, 3.8) is 0 Å². The number of amides is 2. The van der Waals surface area contributed by atoms with Crippen molar-refractivity contribution in [3.8, 4) is 0 Å². The lowest BCUT2D eigenvalue weighted by Gasteiger charge is -2.08. The van der Waals surface area contributed by atoms with Gasteiger partial charge in [0.15, 0.2) is 5.78 Å². The molecule has 0 aromatic heterocycles. The lowest BCUT2D eigenvalue weighted by atomic mass is 10.0. The third-order valence-corrected chi connectivity index (χ3v) is 4.42. The average Bonchev–Trinajstić information content (AvgIpc) is 2.67. The predicted molar refractivity (Wildman–Crippen MR) is 106 cm³/mol. The van der Waals surface area contributed by atoms with Crippen molar-refractivity contribution in [2.24, 2.45) is 0 Å². The van der Waals surface area contributed by atoms with Crippen molar-refractivity contribution in [1.82, 2.24) is 10.6 Å². The van der Waals surface area contributed by atoms with Gasteiger partial charge in [0.05, 0.1) is 0 Å². The van der Waals surface area contributed by atoms with Crippen LogP contribution in [0.15, 0.2) is 42.5 Å². The van der Waals surface area contributed by atoms with E-state index in [0.717, 1.165) is 16.7 Å². The van der Waals surface area contributed by atoms with Gasteiger partial charge in [-0.25, -0.2) is 0 Å². The summed E-state index contributed by atoms with van der Waals surface area (Å²) in [5.41, 5.74) is 4.25. The minimum absolute atomic E-state index is 0.0357. The quantitative estimate of drug-likeness (QED) is 0.704. The van der Waals surface area contributed by atoms with Gasteiger partial charge in [0.2, 0.25) is 5.91 Å². The van der Waals surface area contributed by atoms with Crippen LogP contribution >= 0.6 is 0 Å². The Morgan fingerprint density at radius 3 is 2.33 bits per heavy atom. The second kappa shape index (κ2) is 9.67.